The zero-order valence-electron chi connectivity index (χ0n) is 84.5. The molecule has 2 bridgehead atoms. The fraction of sp³-hybridized carbons (Fsp3) is 0.574. The van der Waals surface area contributed by atoms with E-state index in [1.54, 1.807) is 0 Å². The Hall–Kier alpha value is -9.91. The van der Waals surface area contributed by atoms with Gasteiger partial charge in [-0.05, 0) is 260 Å². The van der Waals surface area contributed by atoms with Crippen LogP contribution in [0.15, 0.2) is 146 Å². The Morgan fingerprint density at radius 3 is 2.03 bits per heavy atom. The van der Waals surface area contributed by atoms with Gasteiger partial charge < -0.3 is 64.8 Å². The van der Waals surface area contributed by atoms with Gasteiger partial charge in [-0.15, -0.1) is 6.42 Å². The van der Waals surface area contributed by atoms with Crippen molar-refractivity contribution in [1.29, 1.82) is 0 Å². The number of ether oxygens (including phenoxy) is 5. The van der Waals surface area contributed by atoms with E-state index in [0.717, 1.165) is 154 Å². The van der Waals surface area contributed by atoms with Crippen LogP contribution in [0.2, 0.25) is 0 Å². The number of anilines is 2. The average molecular weight is 1930 g/mol. The second-order valence-electron chi connectivity index (χ2n) is 41.8. The summed E-state index contributed by atoms with van der Waals surface area (Å²) in [4.78, 5) is 82.8. The van der Waals surface area contributed by atoms with Gasteiger partial charge in [-0.25, -0.2) is 22.4 Å². The number of likely N-dealkylation sites (N-methyl/N-ethyl adjacent to an activating group) is 1. The predicted octanol–water partition coefficient (Wildman–Crippen LogP) is 20.0. The van der Waals surface area contributed by atoms with E-state index in [1.165, 1.54) is 134 Å². The number of rotatable bonds is 33. The molecule has 758 valence electrons. The van der Waals surface area contributed by atoms with Crippen LogP contribution < -0.4 is 20.7 Å². The normalized spacial score (nSPS) is 27.5. The number of aryl methyl sites for hydroxylation is 3. The van der Waals surface area contributed by atoms with Crippen molar-refractivity contribution in [2.45, 2.75) is 280 Å². The van der Waals surface area contributed by atoms with Crippen LogP contribution in [0, 0.1) is 72.3 Å². The lowest BCUT2D eigenvalue weighted by Crippen LogP contribution is -2.81. The number of fused-ring (bicyclic) bond motifs is 11. The Morgan fingerprint density at radius 2 is 1.40 bits per heavy atom. The fourth-order valence-electron chi connectivity index (χ4n) is 26.8. The number of hydrogen-bond donors (Lipinski definition) is 6. The summed E-state index contributed by atoms with van der Waals surface area (Å²) < 4.78 is 87.5. The third kappa shape index (κ3) is 21.7. The molecule has 6 aliphatic heterocycles. The number of esters is 4. The molecule has 7 heterocycles. The van der Waals surface area contributed by atoms with Crippen molar-refractivity contribution >= 4 is 52.1 Å². The Bertz CT molecular complexity index is 5470. The number of methoxy groups -OCH3 is 3. The number of nitrogens with two attached hydrogens (primary N) is 1. The number of aromatic nitrogens is 1. The Labute approximate surface area is 826 Å². The van der Waals surface area contributed by atoms with Crippen molar-refractivity contribution < 1.29 is 80.5 Å². The Balaban J connectivity index is 0.000000170. The maximum absolute atomic E-state index is 15.3. The van der Waals surface area contributed by atoms with Gasteiger partial charge in [0.1, 0.15) is 28.5 Å². The summed E-state index contributed by atoms with van der Waals surface area (Å²) in [7, 11) is 5.94. The number of piperazine rings is 1. The summed E-state index contributed by atoms with van der Waals surface area (Å²) in [5.74, 6) is -1.41. The summed E-state index contributed by atoms with van der Waals surface area (Å²) in [5, 5.41) is 35.0. The lowest BCUT2D eigenvalue weighted by molar-refractivity contribution is -0.228. The minimum absolute atomic E-state index is 0.0299. The molecular weight excluding hydrogens is 1780 g/mol. The number of terminal acetylenes is 1. The largest absolute Gasteiger partial charge is 0.508 e. The van der Waals surface area contributed by atoms with Crippen LogP contribution in [-0.4, -0.2) is 212 Å². The molecule has 10 aliphatic rings. The number of aromatic hydroxyl groups is 1. The first kappa shape index (κ1) is 106. The summed E-state index contributed by atoms with van der Waals surface area (Å²) in [6.07, 6.45) is 39.6. The maximum Gasteiger partial charge on any atom is 0.344 e. The van der Waals surface area contributed by atoms with Gasteiger partial charge in [0.05, 0.1) is 40.5 Å². The predicted molar refractivity (Wildman–Crippen MR) is 542 cm³/mol. The molecule has 1 amide bonds. The topological polar surface area (TPSA) is 262 Å². The highest BCUT2D eigenvalue weighted by Gasteiger charge is 2.81. The van der Waals surface area contributed by atoms with Gasteiger partial charge in [-0.3, -0.25) is 33.9 Å². The van der Waals surface area contributed by atoms with Crippen LogP contribution in [0.3, 0.4) is 0 Å². The van der Waals surface area contributed by atoms with Gasteiger partial charge in [0, 0.05) is 153 Å². The first-order valence-electron chi connectivity index (χ1n) is 51.7. The number of H-pyrrole nitrogens is 1. The maximum atomic E-state index is 15.3. The molecule has 7 N–H and O–H groups in total. The molecule has 7 aromatic rings. The highest BCUT2D eigenvalue weighted by molar-refractivity contribution is 5.96. The van der Waals surface area contributed by atoms with Crippen LogP contribution in [0.1, 0.15) is 263 Å². The Morgan fingerprint density at radius 1 is 0.750 bits per heavy atom. The third-order valence-corrected chi connectivity index (χ3v) is 33.5. The molecule has 4 aliphatic carbocycles. The Kier molecular flexibility index (Phi) is 34.9. The minimum Gasteiger partial charge on any atom is -0.508 e. The monoisotopic (exact) mass is 1930 g/mol. The molecule has 3 saturated carbocycles. The van der Waals surface area contributed by atoms with Gasteiger partial charge >= 0.3 is 23.9 Å². The van der Waals surface area contributed by atoms with Crippen LogP contribution in [0.5, 0.6) is 11.5 Å². The number of phenols is 1. The molecule has 6 fully saturated rings. The second kappa shape index (κ2) is 46.2. The second-order valence-corrected chi connectivity index (χ2v) is 41.8. The molecule has 17 rings (SSSR count). The van der Waals surface area contributed by atoms with Crippen molar-refractivity contribution in [3.05, 3.63) is 213 Å². The molecule has 140 heavy (non-hydrogen) atoms. The number of para-hydroxylation sites is 2. The number of piperidine rings is 1. The number of aliphatic hydroxyl groups excluding tert-OH is 1. The quantitative estimate of drug-likeness (QED) is 0.00558. The fourth-order valence-corrected chi connectivity index (χ4v) is 26.8. The molecule has 6 aromatic carbocycles. The first-order chi connectivity index (χ1) is 67.3. The molecule has 1 unspecified atom stereocenters. The van der Waals surface area contributed by atoms with E-state index in [4.69, 9.17) is 40.9 Å². The number of hydrogen-bond acceptors (Lipinski definition) is 19. The van der Waals surface area contributed by atoms with Crippen LogP contribution in [-0.2, 0) is 66.7 Å². The summed E-state index contributed by atoms with van der Waals surface area (Å²) in [6, 6.07) is 35.6. The van der Waals surface area contributed by atoms with Gasteiger partial charge in [0.25, 0.3) is 0 Å². The standard InChI is InChI=1S/C45H54F2N4O8.C38H56O3.C30H35F2N3O.C2H7NO/c1-8-42-14-11-16-51-17-15-43(36(42)51)30-19-31(34(56-5)20-33(30)49(4)37(43)45(55,40(54)58-7)38(42)59-25(2)52)44(39(53)57-6)21-26-18-27(41(3,46)47)23-50(22-26)24-29-28-12-9-10-13-32(28)48-35(29)44;1-4-6-7-8-9-10-11-12-13-14-15-16-17-18-19-20-36(40)41-38(5-2)28-26-35-34-23-21-30-29-31(39)22-24-32(30)33(34)25-27-37(35,38)3;1-22-5-3-6-23(2)30(22)33-29(36)21-35-19-17-34(18-20-35)16-4-7-28(24-8-12-26(31)13-9-24)25-10-14-27(32)15-11-25;3-1-2-4/h9-14,19-20,26-27,36-38,48,55H,8,15-18,21-24H2,1-7H3;2,12-13,22,24,29,33-35,39H,4,6-11,14-21,23,25-28H2,1,3H3;3,5-6,8-15,28H,4,7,16-21H2,1-2H3,(H,33,36);4H,1-3H2/b;13-12-;;/t26-,27-,36+,37-,38-,42-,43-,44+,45+;33-,34-,35+,37+,38+;;/m11../s1. The number of halogens is 4. The van der Waals surface area contributed by atoms with Crippen molar-refractivity contribution in [3.8, 4) is 23.8 Å². The molecule has 1 aromatic heterocycles. The van der Waals surface area contributed by atoms with E-state index < -0.39 is 69.3 Å². The molecule has 1 spiro atoms. The van der Waals surface area contributed by atoms with Crippen molar-refractivity contribution in [2.75, 3.05) is 117 Å². The summed E-state index contributed by atoms with van der Waals surface area (Å²) in [6.45, 7) is 20.6. The number of aromatic amines is 1. The number of phenolic OH excluding ortho intramolecular Hbond substituents is 1. The highest BCUT2D eigenvalue weighted by atomic mass is 19.3. The number of nitrogens with one attached hydrogen (secondary N) is 2. The number of carbonyl (C=O) groups excluding carboxylic acids is 5. The SMILES string of the molecule is C#C[C@]1(OC(=O)CCCCCCC/C=C\CCCCCCCC)CC[C@H]2[C@@H]3CCc4cc(O)ccc4[C@H]3CC[C@@]21C.CC[C@]12C=CCN3CC[C@@]4(c5cc([C@@]6(C(=O)OC)C[C@H]7C[C@@H](C(C)(F)F)CN(Cc8c6[nH]c6ccccc86)C7)c(OC)cc5N(C)[C@H]4[C@@](O)(C(=O)OC)[C@@H]1OC(C)=O)[C@@H]32.Cc1cccc(C)c1NC(=O)CN1CCN(CCCC(c2ccc(F)cc2)c2ccc(F)cc2)CC1.NCCO. The third-order valence-electron chi connectivity index (χ3n) is 33.5. The molecular formula is C115H152F4N8O13. The lowest BCUT2D eigenvalue weighted by Gasteiger charge is -2.63. The van der Waals surface area contributed by atoms with Crippen molar-refractivity contribution in [3.63, 3.8) is 0 Å². The number of unbranched alkanes of at least 4 members (excludes halogenated alkanes) is 11. The summed E-state index contributed by atoms with van der Waals surface area (Å²) >= 11 is 0. The number of nitrogens with zero attached hydrogens (tertiary/aromatic N) is 5. The van der Waals surface area contributed by atoms with E-state index in [0.29, 0.717) is 105 Å². The zero-order valence-corrected chi connectivity index (χ0v) is 84.5. The number of amides is 1. The van der Waals surface area contributed by atoms with E-state index >= 15 is 13.6 Å². The number of alkyl halides is 2. The van der Waals surface area contributed by atoms with Crippen LogP contribution in [0.4, 0.5) is 28.9 Å². The zero-order chi connectivity index (χ0) is 100. The number of benzene rings is 6. The van der Waals surface area contributed by atoms with E-state index in [1.807, 2.05) is 136 Å². The van der Waals surface area contributed by atoms with Crippen molar-refractivity contribution in [2.24, 2.45) is 40.2 Å². The highest BCUT2D eigenvalue weighted by Crippen LogP contribution is 2.70. The van der Waals surface area contributed by atoms with Gasteiger partial charge in [-0.1, -0.05) is 169 Å². The molecule has 0 radical (unpaired) electrons. The number of aliphatic hydroxyl groups is 2. The van der Waals surface area contributed by atoms with E-state index in [9.17, 15) is 38.2 Å². The minimum atomic E-state index is -2.94. The molecule has 21 nitrogen and oxygen atoms in total. The van der Waals surface area contributed by atoms with Crippen LogP contribution in [0.25, 0.3) is 10.9 Å². The van der Waals surface area contributed by atoms with Crippen LogP contribution >= 0.6 is 0 Å². The first-order valence-corrected chi connectivity index (χ1v) is 51.7. The van der Waals surface area contributed by atoms with Gasteiger partial charge in [0.2, 0.25) is 17.4 Å². The van der Waals surface area contributed by atoms with Crippen molar-refractivity contribution in [1.82, 2.24) is 24.6 Å². The molecule has 15 atom stereocenters. The number of carbonyl (C=O) groups is 5. The molecule has 3 saturated heterocycles. The van der Waals surface area contributed by atoms with Gasteiger partial charge in [-0.2, -0.15) is 0 Å². The summed E-state index contributed by atoms with van der Waals surface area (Å²) in [5.41, 5.74) is 10.1. The van der Waals surface area contributed by atoms with E-state index in [-0.39, 0.29) is 72.8 Å². The average Bonchev–Trinajstić information content (AvgIpc) is 1.47. The number of allylic oxidation sites excluding steroid dienone is 2. The van der Waals surface area contributed by atoms with E-state index in [2.05, 4.69) is 67.9 Å². The molecule has 25 heteroatoms. The van der Waals surface area contributed by atoms with Gasteiger partial charge in [0.15, 0.2) is 11.7 Å². The lowest BCUT2D eigenvalue weighted by atomic mass is 9.47. The smallest absolute Gasteiger partial charge is 0.344 e.